The van der Waals surface area contributed by atoms with Crippen molar-refractivity contribution in [2.45, 2.75) is 33.6 Å². The van der Waals surface area contributed by atoms with Gasteiger partial charge in [-0.1, -0.05) is 25.0 Å². The van der Waals surface area contributed by atoms with E-state index in [1.807, 2.05) is 6.92 Å². The lowest BCUT2D eigenvalue weighted by atomic mass is 10.2. The first-order chi connectivity index (χ1) is 8.41. The summed E-state index contributed by atoms with van der Waals surface area (Å²) < 4.78 is 28.3. The molecule has 2 N–H and O–H groups in total. The van der Waals surface area contributed by atoms with Crippen LogP contribution in [0, 0.1) is 0 Å². The fraction of sp³-hybridized carbons (Fsp3) is 0.750. The van der Waals surface area contributed by atoms with Crippen molar-refractivity contribution in [1.29, 1.82) is 0 Å². The Kier molecular flexibility index (Phi) is 9.56. The first kappa shape index (κ1) is 17.8. The molecule has 4 nitrogen and oxygen atoms in total. The minimum Gasteiger partial charge on any atom is -0.198 e. The summed E-state index contributed by atoms with van der Waals surface area (Å²) in [5, 5.41) is 0. The summed E-state index contributed by atoms with van der Waals surface area (Å²) in [6, 6.07) is 0. The van der Waals surface area contributed by atoms with Crippen LogP contribution >= 0.6 is 7.55 Å². The minimum atomic E-state index is -3.36. The highest BCUT2D eigenvalue weighted by molar-refractivity contribution is 7.87. The molecule has 106 valence electrons. The van der Waals surface area contributed by atoms with Crippen LogP contribution in [0.3, 0.4) is 0 Å². The Hall–Kier alpha value is -0.220. The maximum atomic E-state index is 11.6. The highest BCUT2D eigenvalue weighted by Gasteiger charge is 2.10. The zero-order chi connectivity index (χ0) is 14.0. The molecule has 0 heterocycles. The molecule has 0 aliphatic rings. The second kappa shape index (κ2) is 9.68. The van der Waals surface area contributed by atoms with Gasteiger partial charge in [-0.15, -0.1) is 0 Å². The molecule has 0 aliphatic heterocycles. The van der Waals surface area contributed by atoms with Crippen LogP contribution in [0.5, 0.6) is 0 Å². The number of hydrogen-bond donors (Lipinski definition) is 2. The van der Waals surface area contributed by atoms with Crippen molar-refractivity contribution < 1.29 is 8.42 Å². The Morgan fingerprint density at radius 3 is 2.56 bits per heavy atom. The quantitative estimate of drug-likeness (QED) is 0.478. The highest BCUT2D eigenvalue weighted by atomic mass is 32.2. The summed E-state index contributed by atoms with van der Waals surface area (Å²) >= 11 is 0. The van der Waals surface area contributed by atoms with Crippen molar-refractivity contribution in [3.63, 3.8) is 0 Å². The van der Waals surface area contributed by atoms with Crippen LogP contribution in [0.25, 0.3) is 0 Å². The molecule has 0 spiro atoms. The molecular formula is C12H26N2O2PS+. The average Bonchev–Trinajstić information content (AvgIpc) is 2.33. The van der Waals surface area contributed by atoms with Crippen molar-refractivity contribution in [2.24, 2.45) is 0 Å². The molecule has 0 aromatic carbocycles. The van der Waals surface area contributed by atoms with Crippen molar-refractivity contribution >= 4 is 24.1 Å². The van der Waals surface area contributed by atoms with Crippen LogP contribution in [-0.4, -0.2) is 40.1 Å². The smallest absolute Gasteiger partial charge is 0.198 e. The van der Waals surface area contributed by atoms with Gasteiger partial charge >= 0.3 is 0 Å². The molecule has 18 heavy (non-hydrogen) atoms. The van der Waals surface area contributed by atoms with Gasteiger partial charge in [-0.2, -0.15) is 17.9 Å². The van der Waals surface area contributed by atoms with Gasteiger partial charge in [0.2, 0.25) is 0 Å². The van der Waals surface area contributed by atoms with Gasteiger partial charge in [0.15, 0.2) is 0 Å². The Bertz CT molecular complexity index is 378. The first-order valence-electron chi connectivity index (χ1n) is 6.36. The number of unbranched alkanes of at least 4 members (excludes halogenated alkanes) is 1. The molecule has 0 aliphatic carbocycles. The third-order valence-corrected chi connectivity index (χ3v) is 5.35. The van der Waals surface area contributed by atoms with E-state index in [-0.39, 0.29) is 7.55 Å². The monoisotopic (exact) mass is 293 g/mol. The lowest BCUT2D eigenvalue weighted by Gasteiger charge is -2.07. The molecule has 0 aromatic heterocycles. The van der Waals surface area contributed by atoms with Gasteiger partial charge in [-0.3, -0.25) is 0 Å². The minimum absolute atomic E-state index is 0.277. The van der Waals surface area contributed by atoms with Crippen LogP contribution in [0.15, 0.2) is 11.6 Å². The largest absolute Gasteiger partial charge is 0.277 e. The van der Waals surface area contributed by atoms with E-state index < -0.39 is 10.2 Å². The molecule has 0 rings (SSSR count). The molecule has 1 atom stereocenters. The molecule has 0 fully saturated rings. The summed E-state index contributed by atoms with van der Waals surface area (Å²) in [5.74, 6) is 0. The molecular weight excluding hydrogens is 267 g/mol. The van der Waals surface area contributed by atoms with Crippen molar-refractivity contribution in [2.75, 3.05) is 25.4 Å². The first-order valence-corrected chi connectivity index (χ1v) is 9.74. The zero-order valence-electron chi connectivity index (χ0n) is 11.7. The molecule has 0 aromatic rings. The van der Waals surface area contributed by atoms with Gasteiger partial charge in [0, 0.05) is 6.54 Å². The fourth-order valence-corrected chi connectivity index (χ4v) is 3.01. The van der Waals surface area contributed by atoms with Gasteiger partial charge in [-0.25, -0.2) is 0 Å². The molecule has 6 heteroatoms. The predicted molar refractivity (Wildman–Crippen MR) is 83.0 cm³/mol. The second-order valence-electron chi connectivity index (χ2n) is 4.27. The van der Waals surface area contributed by atoms with Crippen molar-refractivity contribution in [3.05, 3.63) is 11.6 Å². The Labute approximate surface area is 113 Å². The van der Waals surface area contributed by atoms with Crippen LogP contribution in [0.2, 0.25) is 0 Å². The number of allylic oxidation sites excluding steroid dienone is 1. The highest BCUT2D eigenvalue weighted by Crippen LogP contribution is 2.16. The van der Waals surface area contributed by atoms with Gasteiger partial charge in [-0.05, 0) is 20.3 Å². The molecule has 0 saturated heterocycles. The van der Waals surface area contributed by atoms with E-state index in [1.54, 1.807) is 0 Å². The van der Waals surface area contributed by atoms with E-state index in [1.165, 1.54) is 0 Å². The maximum absolute atomic E-state index is 11.6. The van der Waals surface area contributed by atoms with Gasteiger partial charge in [0.1, 0.15) is 12.3 Å². The summed E-state index contributed by atoms with van der Waals surface area (Å²) in [6.45, 7) is 6.95. The normalized spacial score (nSPS) is 13.7. The summed E-state index contributed by atoms with van der Waals surface area (Å²) in [5.41, 5.74) is 1.05. The van der Waals surface area contributed by atoms with Crippen LogP contribution in [-0.2, 0) is 10.2 Å². The lowest BCUT2D eigenvalue weighted by Crippen LogP contribution is -2.38. The van der Waals surface area contributed by atoms with E-state index in [2.05, 4.69) is 35.7 Å². The number of nitrogens with one attached hydrogen (secondary N) is 2. The van der Waals surface area contributed by atoms with Crippen molar-refractivity contribution in [3.8, 4) is 0 Å². The third kappa shape index (κ3) is 9.77. The zero-order valence-corrected chi connectivity index (χ0v) is 13.4. The predicted octanol–water partition coefficient (Wildman–Crippen LogP) is 2.09. The topological polar surface area (TPSA) is 58.2 Å². The molecule has 0 radical (unpaired) electrons. The van der Waals surface area contributed by atoms with E-state index in [0.29, 0.717) is 13.1 Å². The van der Waals surface area contributed by atoms with Gasteiger partial charge in [0.05, 0.1) is 20.4 Å². The standard InChI is InChI=1S/C12H26N2O2PS/c1-5-7-8-12(3)11-14-18(15,16)13-9-10-17(4)6-2/h8,13-14H,4-7,9-11H2,1-3H3/q+1/b12-8+. The molecule has 0 amide bonds. The van der Waals surface area contributed by atoms with Crippen LogP contribution in [0.4, 0.5) is 0 Å². The number of rotatable bonds is 10. The van der Waals surface area contributed by atoms with Crippen LogP contribution < -0.4 is 9.44 Å². The number of hydrogen-bond acceptors (Lipinski definition) is 2. The Balaban J connectivity index is 3.97. The Morgan fingerprint density at radius 1 is 1.33 bits per heavy atom. The van der Waals surface area contributed by atoms with Gasteiger partial charge < -0.3 is 0 Å². The van der Waals surface area contributed by atoms with E-state index >= 15 is 0 Å². The summed E-state index contributed by atoms with van der Waals surface area (Å²) in [7, 11) is -3.64. The summed E-state index contributed by atoms with van der Waals surface area (Å²) in [6.07, 6.45) is 9.98. The lowest BCUT2D eigenvalue weighted by molar-refractivity contribution is 0.572. The Morgan fingerprint density at radius 2 is 2.00 bits per heavy atom. The fourth-order valence-electron chi connectivity index (χ4n) is 1.22. The molecule has 1 unspecified atom stereocenters. The molecule has 0 saturated carbocycles. The van der Waals surface area contributed by atoms with Crippen LogP contribution in [0.1, 0.15) is 33.6 Å². The SMILES string of the molecule is C=[P+](CC)CCNS(=O)(=O)NC/C(C)=C/CCC. The van der Waals surface area contributed by atoms with E-state index in [9.17, 15) is 8.42 Å². The average molecular weight is 293 g/mol. The third-order valence-electron chi connectivity index (χ3n) is 2.49. The second-order valence-corrected chi connectivity index (χ2v) is 8.27. The van der Waals surface area contributed by atoms with E-state index in [0.717, 1.165) is 30.7 Å². The summed E-state index contributed by atoms with van der Waals surface area (Å²) in [4.78, 5) is 0. The van der Waals surface area contributed by atoms with Gasteiger partial charge in [0.25, 0.3) is 10.2 Å². The van der Waals surface area contributed by atoms with Crippen molar-refractivity contribution in [1.82, 2.24) is 9.44 Å². The molecule has 0 bridgehead atoms. The maximum Gasteiger partial charge on any atom is 0.277 e. The van der Waals surface area contributed by atoms with E-state index in [4.69, 9.17) is 0 Å².